The summed E-state index contributed by atoms with van der Waals surface area (Å²) in [5.74, 6) is -0.340. The van der Waals surface area contributed by atoms with Gasteiger partial charge in [-0.3, -0.25) is 14.6 Å². The van der Waals surface area contributed by atoms with E-state index < -0.39 is 5.97 Å². The molecule has 2 N–H and O–H groups in total. The van der Waals surface area contributed by atoms with E-state index >= 15 is 0 Å². The highest BCUT2D eigenvalue weighted by molar-refractivity contribution is 5.98. The molecule has 0 unspecified atom stereocenters. The molecule has 7 nitrogen and oxygen atoms in total. The lowest BCUT2D eigenvalue weighted by Gasteiger charge is -2.25. The van der Waals surface area contributed by atoms with Crippen LogP contribution >= 0.6 is 0 Å². The minimum atomic E-state index is -0.942. The van der Waals surface area contributed by atoms with E-state index in [-0.39, 0.29) is 18.9 Å². The molecule has 1 fully saturated rings. The Balaban J connectivity index is 1.42. The molecule has 7 heteroatoms. The van der Waals surface area contributed by atoms with Gasteiger partial charge in [-0.15, -0.1) is 0 Å². The number of benzene rings is 3. The van der Waals surface area contributed by atoms with Gasteiger partial charge in [-0.25, -0.2) is 4.98 Å². The number of imidazole rings is 1. The molecule has 1 saturated carbocycles. The maximum absolute atomic E-state index is 12.7. The molecule has 39 heavy (non-hydrogen) atoms. The van der Waals surface area contributed by atoms with E-state index in [4.69, 9.17) is 15.1 Å². The number of aliphatic carboxylic acids is 1. The van der Waals surface area contributed by atoms with Gasteiger partial charge in [0.1, 0.15) is 5.82 Å². The van der Waals surface area contributed by atoms with Crippen LogP contribution in [0, 0.1) is 0 Å². The summed E-state index contributed by atoms with van der Waals surface area (Å²) in [4.78, 5) is 33.3. The number of rotatable bonds is 7. The summed E-state index contributed by atoms with van der Waals surface area (Å²) < 4.78 is 2.36. The highest BCUT2D eigenvalue weighted by Crippen LogP contribution is 2.37. The number of carboxylic acid groups (broad SMARTS) is 1. The van der Waals surface area contributed by atoms with Crippen LogP contribution in [-0.4, -0.2) is 38.1 Å². The molecular formula is C32H30N4O3. The number of fused-ring (bicyclic) bond motifs is 2. The third-order valence-electron chi connectivity index (χ3n) is 7.56. The summed E-state index contributed by atoms with van der Waals surface area (Å²) in [5, 5.41) is 12.6. The molecular weight excluding hydrogens is 488 g/mol. The molecule has 0 spiro atoms. The zero-order chi connectivity index (χ0) is 26.8. The van der Waals surface area contributed by atoms with Crippen LogP contribution < -0.4 is 5.32 Å². The first-order valence-corrected chi connectivity index (χ1v) is 13.5. The molecule has 2 aromatic heterocycles. The predicted octanol–water partition coefficient (Wildman–Crippen LogP) is 6.63. The quantitative estimate of drug-likeness (QED) is 0.252. The highest BCUT2D eigenvalue weighted by Gasteiger charge is 2.23. The third kappa shape index (κ3) is 5.12. The Morgan fingerprint density at radius 2 is 1.67 bits per heavy atom. The first kappa shape index (κ1) is 24.8. The van der Waals surface area contributed by atoms with Gasteiger partial charge >= 0.3 is 5.97 Å². The topological polar surface area (TPSA) is 97.1 Å². The molecule has 3 aromatic carbocycles. The minimum absolute atomic E-state index is 0.0874. The molecule has 196 valence electrons. The maximum Gasteiger partial charge on any atom is 0.305 e. The highest BCUT2D eigenvalue weighted by atomic mass is 16.4. The van der Waals surface area contributed by atoms with E-state index in [2.05, 4.69) is 40.2 Å². The lowest BCUT2D eigenvalue weighted by atomic mass is 9.94. The summed E-state index contributed by atoms with van der Waals surface area (Å²) in [5.41, 5.74) is 6.39. The third-order valence-corrected chi connectivity index (χ3v) is 7.56. The lowest BCUT2D eigenvalue weighted by molar-refractivity contribution is -0.136. The number of pyridine rings is 1. The van der Waals surface area contributed by atoms with Crippen LogP contribution in [0.3, 0.4) is 0 Å². The molecule has 1 aliphatic rings. The Morgan fingerprint density at radius 3 is 2.46 bits per heavy atom. The van der Waals surface area contributed by atoms with Crippen LogP contribution in [0.4, 0.5) is 0 Å². The van der Waals surface area contributed by atoms with Gasteiger partial charge in [-0.2, -0.15) is 0 Å². The molecule has 2 heterocycles. The summed E-state index contributed by atoms with van der Waals surface area (Å²) in [6.45, 7) is 0.0874. The van der Waals surface area contributed by atoms with Crippen LogP contribution in [0.2, 0.25) is 0 Å². The van der Waals surface area contributed by atoms with E-state index in [0.29, 0.717) is 11.6 Å². The average molecular weight is 519 g/mol. The Morgan fingerprint density at radius 1 is 0.872 bits per heavy atom. The fourth-order valence-electron chi connectivity index (χ4n) is 5.60. The van der Waals surface area contributed by atoms with Crippen molar-refractivity contribution in [2.24, 2.45) is 0 Å². The molecule has 0 saturated heterocycles. The second kappa shape index (κ2) is 10.7. The number of aromatic nitrogens is 3. The summed E-state index contributed by atoms with van der Waals surface area (Å²) in [6.07, 6.45) is 7.64. The van der Waals surface area contributed by atoms with Gasteiger partial charge in [0.05, 0.1) is 23.0 Å². The Kier molecular flexibility index (Phi) is 6.80. The minimum Gasteiger partial charge on any atom is -0.481 e. The fourth-order valence-corrected chi connectivity index (χ4v) is 5.60. The SMILES string of the molecule is O=C(O)CCNC(=O)c1ccc2c(c1)nc(-c1ccc3ncc(-c4ccccc4)cc3c1)n2C1CCCCC1. The van der Waals surface area contributed by atoms with E-state index in [1.54, 1.807) is 6.07 Å². The number of carbonyl (C=O) groups is 2. The molecule has 1 aliphatic carbocycles. The zero-order valence-corrected chi connectivity index (χ0v) is 21.6. The Hall–Kier alpha value is -4.52. The predicted molar refractivity (Wildman–Crippen MR) is 153 cm³/mol. The number of carbonyl (C=O) groups excluding carboxylic acids is 1. The van der Waals surface area contributed by atoms with Crippen LogP contribution in [0.5, 0.6) is 0 Å². The number of nitrogens with zero attached hydrogens (tertiary/aromatic N) is 3. The standard InChI is InChI=1S/C32H30N4O3/c37-30(38)15-16-33-32(39)23-12-14-29-28(19-23)35-31(36(29)26-9-5-2-6-10-26)22-11-13-27-24(17-22)18-25(20-34-27)21-7-3-1-4-8-21/h1,3-4,7-8,11-14,17-20,26H,2,5-6,9-10,15-16H2,(H,33,39)(H,37,38). The average Bonchev–Trinajstić information content (AvgIpc) is 3.36. The summed E-state index contributed by atoms with van der Waals surface area (Å²) in [7, 11) is 0. The van der Waals surface area contributed by atoms with E-state index in [1.165, 1.54) is 19.3 Å². The number of nitrogens with one attached hydrogen (secondary N) is 1. The van der Waals surface area contributed by atoms with Gasteiger partial charge in [0.15, 0.2) is 0 Å². The fraction of sp³-hybridized carbons (Fsp3) is 0.250. The van der Waals surface area contributed by atoms with Gasteiger partial charge in [0.2, 0.25) is 0 Å². The van der Waals surface area contributed by atoms with E-state index in [9.17, 15) is 9.59 Å². The first-order valence-electron chi connectivity index (χ1n) is 13.5. The van der Waals surface area contributed by atoms with Crippen LogP contribution in [0.15, 0.2) is 79.0 Å². The molecule has 1 amide bonds. The molecule has 0 aliphatic heterocycles. The molecule has 5 aromatic rings. The molecule has 0 radical (unpaired) electrons. The maximum atomic E-state index is 12.7. The second-order valence-corrected chi connectivity index (χ2v) is 10.2. The van der Waals surface area contributed by atoms with E-state index in [0.717, 1.165) is 57.3 Å². The number of amides is 1. The lowest BCUT2D eigenvalue weighted by Crippen LogP contribution is -2.25. The second-order valence-electron chi connectivity index (χ2n) is 10.2. The smallest absolute Gasteiger partial charge is 0.305 e. The van der Waals surface area contributed by atoms with Gasteiger partial charge in [-0.1, -0.05) is 49.6 Å². The van der Waals surface area contributed by atoms with Crippen molar-refractivity contribution < 1.29 is 14.7 Å². The van der Waals surface area contributed by atoms with Crippen LogP contribution in [0.25, 0.3) is 44.5 Å². The van der Waals surface area contributed by atoms with Gasteiger partial charge in [0.25, 0.3) is 5.91 Å². The molecule has 0 atom stereocenters. The van der Waals surface area contributed by atoms with Crippen LogP contribution in [-0.2, 0) is 4.79 Å². The Labute approximate surface area is 226 Å². The van der Waals surface area contributed by atoms with Crippen LogP contribution in [0.1, 0.15) is 54.9 Å². The molecule has 6 rings (SSSR count). The first-order chi connectivity index (χ1) is 19.1. The zero-order valence-electron chi connectivity index (χ0n) is 21.6. The normalized spacial score (nSPS) is 14.1. The summed E-state index contributed by atoms with van der Waals surface area (Å²) in [6, 6.07) is 24.6. The number of hydrogen-bond acceptors (Lipinski definition) is 4. The van der Waals surface area contributed by atoms with Crippen molar-refractivity contribution in [1.29, 1.82) is 0 Å². The Bertz CT molecular complexity index is 1670. The van der Waals surface area contributed by atoms with Crippen molar-refractivity contribution in [2.45, 2.75) is 44.6 Å². The van der Waals surface area contributed by atoms with Gasteiger partial charge < -0.3 is 15.0 Å². The molecule has 0 bridgehead atoms. The van der Waals surface area contributed by atoms with Gasteiger partial charge in [0, 0.05) is 40.9 Å². The largest absolute Gasteiger partial charge is 0.481 e. The van der Waals surface area contributed by atoms with Crippen molar-refractivity contribution in [1.82, 2.24) is 19.9 Å². The van der Waals surface area contributed by atoms with Crippen molar-refractivity contribution in [3.05, 3.63) is 84.6 Å². The number of carboxylic acids is 1. The monoisotopic (exact) mass is 518 g/mol. The number of hydrogen-bond donors (Lipinski definition) is 2. The van der Waals surface area contributed by atoms with Crippen molar-refractivity contribution in [3.8, 4) is 22.5 Å². The van der Waals surface area contributed by atoms with Crippen molar-refractivity contribution in [3.63, 3.8) is 0 Å². The summed E-state index contributed by atoms with van der Waals surface area (Å²) >= 11 is 0. The van der Waals surface area contributed by atoms with Crippen molar-refractivity contribution in [2.75, 3.05) is 6.54 Å². The van der Waals surface area contributed by atoms with Crippen molar-refractivity contribution >= 4 is 33.8 Å². The van der Waals surface area contributed by atoms with E-state index in [1.807, 2.05) is 42.6 Å². The van der Waals surface area contributed by atoms with Gasteiger partial charge in [-0.05, 0) is 60.9 Å².